The van der Waals surface area contributed by atoms with Gasteiger partial charge in [-0.25, -0.2) is 0 Å². The van der Waals surface area contributed by atoms with E-state index in [0.29, 0.717) is 10.8 Å². The standard InChI is InChI=1S/C21H35IO/c1-20-12-4-3-5-15(20)6-8-17-18-9-7-16(11-14-23-22)21(18,2)13-10-19(17)20/h15-19H,3-14H2,1-2H3/t15?,16-,17?,18?,19?,20?,21-/m1/s1. The highest BCUT2D eigenvalue weighted by Gasteiger charge is 2.59. The fourth-order valence-electron chi connectivity index (χ4n) is 8.06. The van der Waals surface area contributed by atoms with Crippen molar-refractivity contribution in [3.05, 3.63) is 0 Å². The molecule has 4 rings (SSSR count). The lowest BCUT2D eigenvalue weighted by Gasteiger charge is -2.60. The molecule has 0 aliphatic heterocycles. The quantitative estimate of drug-likeness (QED) is 0.448. The molecule has 2 heteroatoms. The van der Waals surface area contributed by atoms with Gasteiger partial charge in [-0.05, 0) is 98.2 Å². The van der Waals surface area contributed by atoms with E-state index < -0.39 is 0 Å². The second-order valence-electron chi connectivity index (χ2n) is 9.82. The SMILES string of the molecule is CC12CCCCC1CCC1C2CC[C@@]2(C)C1CC[C@@H]2CCOI. The lowest BCUT2D eigenvalue weighted by atomic mass is 9.45. The van der Waals surface area contributed by atoms with Crippen molar-refractivity contribution in [2.24, 2.45) is 40.4 Å². The molecule has 0 aromatic carbocycles. The Hall–Kier alpha value is 0.690. The van der Waals surface area contributed by atoms with E-state index in [4.69, 9.17) is 3.07 Å². The molecule has 1 nitrogen and oxygen atoms in total. The fraction of sp³-hybridized carbons (Fsp3) is 1.00. The highest BCUT2D eigenvalue weighted by molar-refractivity contribution is 14.1. The molecule has 7 atom stereocenters. The summed E-state index contributed by atoms with van der Waals surface area (Å²) in [6, 6.07) is 0. The van der Waals surface area contributed by atoms with E-state index in [1.165, 1.54) is 57.8 Å². The first kappa shape index (κ1) is 17.1. The van der Waals surface area contributed by atoms with Crippen molar-refractivity contribution in [1.29, 1.82) is 0 Å². The summed E-state index contributed by atoms with van der Waals surface area (Å²) in [6.07, 6.45) is 16.5. The van der Waals surface area contributed by atoms with Crippen molar-refractivity contribution in [3.63, 3.8) is 0 Å². The first-order valence-electron chi connectivity index (χ1n) is 10.3. The molecule has 0 bridgehead atoms. The summed E-state index contributed by atoms with van der Waals surface area (Å²) in [4.78, 5) is 0. The zero-order chi connectivity index (χ0) is 16.1. The Labute approximate surface area is 157 Å². The molecule has 0 amide bonds. The van der Waals surface area contributed by atoms with E-state index in [1.54, 1.807) is 12.8 Å². The van der Waals surface area contributed by atoms with Gasteiger partial charge < -0.3 is 3.07 Å². The Morgan fingerprint density at radius 1 is 0.870 bits per heavy atom. The van der Waals surface area contributed by atoms with Crippen molar-refractivity contribution < 1.29 is 3.07 Å². The van der Waals surface area contributed by atoms with Crippen molar-refractivity contribution in [1.82, 2.24) is 0 Å². The smallest absolute Gasteiger partial charge is 0.109 e. The topological polar surface area (TPSA) is 9.23 Å². The largest absolute Gasteiger partial charge is 0.316 e. The Bertz CT molecular complexity index is 438. The summed E-state index contributed by atoms with van der Waals surface area (Å²) >= 11 is 2.08. The third-order valence-corrected chi connectivity index (χ3v) is 9.76. The van der Waals surface area contributed by atoms with Crippen molar-refractivity contribution in [3.8, 4) is 0 Å². The molecular weight excluding hydrogens is 395 g/mol. The molecule has 0 heterocycles. The summed E-state index contributed by atoms with van der Waals surface area (Å²) in [7, 11) is 0. The second kappa shape index (κ2) is 6.45. The Morgan fingerprint density at radius 3 is 2.52 bits per heavy atom. The van der Waals surface area contributed by atoms with Crippen LogP contribution in [0.2, 0.25) is 0 Å². The molecule has 4 aliphatic rings. The average molecular weight is 430 g/mol. The molecule has 0 saturated heterocycles. The zero-order valence-corrected chi connectivity index (χ0v) is 17.3. The minimum atomic E-state index is 0.633. The summed E-state index contributed by atoms with van der Waals surface area (Å²) in [6.45, 7) is 6.32. The van der Waals surface area contributed by atoms with Gasteiger partial charge >= 0.3 is 0 Å². The van der Waals surface area contributed by atoms with Gasteiger partial charge in [0.15, 0.2) is 0 Å². The van der Waals surface area contributed by atoms with Gasteiger partial charge in [-0.15, -0.1) is 0 Å². The number of rotatable bonds is 3. The van der Waals surface area contributed by atoms with E-state index in [1.807, 2.05) is 0 Å². The molecule has 0 spiro atoms. The predicted octanol–water partition coefficient (Wildman–Crippen LogP) is 6.79. The number of hydrogen-bond acceptors (Lipinski definition) is 1. The van der Waals surface area contributed by atoms with Crippen LogP contribution in [0.5, 0.6) is 0 Å². The van der Waals surface area contributed by atoms with Crippen LogP contribution in [0.4, 0.5) is 0 Å². The van der Waals surface area contributed by atoms with Gasteiger partial charge in [0, 0.05) is 0 Å². The Kier molecular flexibility index (Phi) is 4.80. The summed E-state index contributed by atoms with van der Waals surface area (Å²) in [5.74, 6) is 5.13. The first-order chi connectivity index (χ1) is 11.1. The van der Waals surface area contributed by atoms with Crippen LogP contribution >= 0.6 is 23.0 Å². The normalized spacial score (nSPS) is 52.6. The number of hydrogen-bond donors (Lipinski definition) is 0. The highest BCUT2D eigenvalue weighted by Crippen LogP contribution is 2.67. The van der Waals surface area contributed by atoms with Crippen LogP contribution in [0.1, 0.15) is 84.5 Å². The van der Waals surface area contributed by atoms with Gasteiger partial charge in [0.2, 0.25) is 0 Å². The lowest BCUT2D eigenvalue weighted by molar-refractivity contribution is -0.111. The molecule has 4 aliphatic carbocycles. The molecule has 0 aromatic rings. The van der Waals surface area contributed by atoms with Crippen molar-refractivity contribution in [2.45, 2.75) is 84.5 Å². The monoisotopic (exact) mass is 430 g/mol. The van der Waals surface area contributed by atoms with Gasteiger partial charge in [0.25, 0.3) is 0 Å². The minimum Gasteiger partial charge on any atom is -0.316 e. The van der Waals surface area contributed by atoms with E-state index in [0.717, 1.165) is 36.2 Å². The molecule has 0 N–H and O–H groups in total. The van der Waals surface area contributed by atoms with Crippen LogP contribution in [-0.2, 0) is 3.07 Å². The molecule has 4 saturated carbocycles. The minimum absolute atomic E-state index is 0.633. The van der Waals surface area contributed by atoms with E-state index >= 15 is 0 Å². The first-order valence-corrected chi connectivity index (χ1v) is 11.2. The maximum Gasteiger partial charge on any atom is 0.109 e. The molecule has 4 fully saturated rings. The Morgan fingerprint density at radius 2 is 1.70 bits per heavy atom. The molecule has 0 aromatic heterocycles. The van der Waals surface area contributed by atoms with Gasteiger partial charge in [0.05, 0.1) is 6.61 Å². The molecular formula is C21H35IO. The molecule has 0 radical (unpaired) electrons. The maximum absolute atomic E-state index is 5.39. The van der Waals surface area contributed by atoms with Crippen LogP contribution in [-0.4, -0.2) is 6.61 Å². The predicted molar refractivity (Wildman–Crippen MR) is 104 cm³/mol. The Balaban J connectivity index is 1.55. The summed E-state index contributed by atoms with van der Waals surface area (Å²) in [5.41, 5.74) is 1.33. The molecule has 23 heavy (non-hydrogen) atoms. The summed E-state index contributed by atoms with van der Waals surface area (Å²) < 4.78 is 5.39. The third-order valence-electron chi connectivity index (χ3n) is 9.32. The molecule has 5 unspecified atom stereocenters. The van der Waals surface area contributed by atoms with Gasteiger partial charge in [-0.2, -0.15) is 0 Å². The zero-order valence-electron chi connectivity index (χ0n) is 15.2. The average Bonchev–Trinajstić information content (AvgIpc) is 2.89. The van der Waals surface area contributed by atoms with Crippen LogP contribution in [0.25, 0.3) is 0 Å². The van der Waals surface area contributed by atoms with Crippen LogP contribution in [0.3, 0.4) is 0 Å². The van der Waals surface area contributed by atoms with Crippen LogP contribution in [0.15, 0.2) is 0 Å². The van der Waals surface area contributed by atoms with E-state index in [2.05, 4.69) is 36.9 Å². The highest BCUT2D eigenvalue weighted by atomic mass is 127. The van der Waals surface area contributed by atoms with E-state index in [-0.39, 0.29) is 0 Å². The van der Waals surface area contributed by atoms with Gasteiger partial charge in [-0.3, -0.25) is 0 Å². The van der Waals surface area contributed by atoms with Crippen molar-refractivity contribution in [2.75, 3.05) is 6.61 Å². The summed E-state index contributed by atoms with van der Waals surface area (Å²) in [5, 5.41) is 0. The van der Waals surface area contributed by atoms with Crippen LogP contribution in [0, 0.1) is 40.4 Å². The van der Waals surface area contributed by atoms with Crippen LogP contribution < -0.4 is 0 Å². The number of fused-ring (bicyclic) bond motifs is 5. The van der Waals surface area contributed by atoms with Gasteiger partial charge in [0.1, 0.15) is 23.0 Å². The number of halogens is 1. The maximum atomic E-state index is 5.39. The van der Waals surface area contributed by atoms with E-state index in [9.17, 15) is 0 Å². The van der Waals surface area contributed by atoms with Crippen molar-refractivity contribution >= 4 is 23.0 Å². The van der Waals surface area contributed by atoms with Gasteiger partial charge in [-0.1, -0.05) is 26.7 Å². The lowest BCUT2D eigenvalue weighted by Crippen LogP contribution is -2.52. The fourth-order valence-corrected chi connectivity index (χ4v) is 8.32. The third kappa shape index (κ3) is 2.64. The molecule has 132 valence electrons. The second-order valence-corrected chi connectivity index (χ2v) is 10.4.